The van der Waals surface area contributed by atoms with Crippen LogP contribution in [0.25, 0.3) is 0 Å². The van der Waals surface area contributed by atoms with Gasteiger partial charge in [0, 0.05) is 0 Å². The van der Waals surface area contributed by atoms with Crippen LogP contribution in [0.15, 0.2) is 0 Å². The molecule has 0 aliphatic rings. The van der Waals surface area contributed by atoms with Gasteiger partial charge in [0.15, 0.2) is 0 Å². The summed E-state index contributed by atoms with van der Waals surface area (Å²) in [4.78, 5) is 0. The van der Waals surface area contributed by atoms with E-state index in [1.165, 1.54) is 0 Å². The van der Waals surface area contributed by atoms with Crippen molar-refractivity contribution in [2.45, 2.75) is 0 Å². The molecule has 0 aliphatic carbocycles. The van der Waals surface area contributed by atoms with Crippen molar-refractivity contribution >= 4 is 0 Å². The molecule has 0 heterocycles. The monoisotopic (exact) mass is 330 g/mol. The second kappa shape index (κ2) is 1.92. The van der Waals surface area contributed by atoms with Crippen LogP contribution in [0.5, 0.6) is 0 Å². The Balaban J connectivity index is -0.000000180. The molecule has 0 aliphatic heterocycles. The van der Waals surface area contributed by atoms with Crippen LogP contribution in [0, 0.1) is 0 Å². The smallest absolute Gasteiger partial charge is 0.369 e. The fraction of sp³-hybridized carbons (Fsp3) is 0. The number of hydrogen-bond donors (Lipinski definition) is 2. The zero-order chi connectivity index (χ0) is 6.41. The van der Waals surface area contributed by atoms with Crippen molar-refractivity contribution in [2.75, 3.05) is 0 Å². The molecule has 0 saturated heterocycles. The molecule has 0 amide bonds. The Morgan fingerprint density at radius 2 is 0.556 bits per heavy atom. The van der Waals surface area contributed by atoms with Crippen molar-refractivity contribution in [3.05, 3.63) is 0 Å². The van der Waals surface area contributed by atoms with Crippen molar-refractivity contribution in [1.29, 1.82) is 0 Å². The standard InChI is InChI=1S/6FH.Hf.2H3N/h6*1H;;2*1H3/q;;;;;;+4;;/p-4. The molecule has 0 aromatic carbocycles. The Labute approximate surface area is 49.5 Å². The van der Waals surface area contributed by atoms with Crippen LogP contribution in [-0.4, -0.2) is 0 Å². The zero-order valence-corrected chi connectivity index (χ0v) is 8.36. The predicted molar refractivity (Wildman–Crippen MR) is 18.6 cm³/mol. The van der Waals surface area contributed by atoms with Crippen molar-refractivity contribution in [1.82, 2.24) is 12.3 Å². The molecule has 9 heavy (non-hydrogen) atoms. The van der Waals surface area contributed by atoms with Crippen molar-refractivity contribution in [2.24, 2.45) is 0 Å². The van der Waals surface area contributed by atoms with E-state index in [1.54, 1.807) is 0 Å². The van der Waals surface area contributed by atoms with Crippen LogP contribution in [0.4, 0.5) is 16.0 Å². The summed E-state index contributed by atoms with van der Waals surface area (Å²) in [5.74, 6) is 0. The van der Waals surface area contributed by atoms with E-state index in [0.717, 1.165) is 0 Å². The molecule has 0 aromatic rings. The minimum atomic E-state index is -11.4. The van der Waals surface area contributed by atoms with Crippen LogP contribution < -0.4 is 12.3 Å². The van der Waals surface area contributed by atoms with Gasteiger partial charge in [0.05, 0.1) is 0 Å². The van der Waals surface area contributed by atoms with Crippen LogP contribution in [0.3, 0.4) is 0 Å². The predicted octanol–water partition coefficient (Wildman–Crippen LogP) is 3.27. The first kappa shape index (κ1) is 16.2. The number of quaternary nitrogens is 2. The van der Waals surface area contributed by atoms with E-state index in [2.05, 4.69) is 0 Å². The molecule has 64 valence electrons. The van der Waals surface area contributed by atoms with Gasteiger partial charge in [-0.25, -0.2) is 0 Å². The second-order valence-corrected chi connectivity index (χ2v) is 8.77. The summed E-state index contributed by atoms with van der Waals surface area (Å²) in [5, 5.41) is 0. The van der Waals surface area contributed by atoms with E-state index < -0.39 is 20.7 Å². The van der Waals surface area contributed by atoms with Gasteiger partial charge in [0.25, 0.3) is 0 Å². The van der Waals surface area contributed by atoms with E-state index in [4.69, 9.17) is 0 Å². The Hall–Kier alpha value is 0.370. The molecule has 0 atom stereocenters. The fourth-order valence-corrected chi connectivity index (χ4v) is 0. The number of halogens is 6. The van der Waals surface area contributed by atoms with Gasteiger partial charge in [0.1, 0.15) is 0 Å². The van der Waals surface area contributed by atoms with Crippen LogP contribution in [0.1, 0.15) is 0 Å². The maximum Gasteiger partial charge on any atom is -0.369 e. The third-order valence-electron chi connectivity index (χ3n) is 0. The van der Waals surface area contributed by atoms with Gasteiger partial charge in [0.2, 0.25) is 0 Å². The van der Waals surface area contributed by atoms with E-state index >= 15 is 0 Å². The normalized spacial score (nSPS) is 18.0. The summed E-state index contributed by atoms with van der Waals surface area (Å²) in [5.41, 5.74) is 0. The Kier molecular flexibility index (Phi) is 3.46. The maximum atomic E-state index is 9.94. The Morgan fingerprint density at radius 1 is 0.556 bits per heavy atom. The van der Waals surface area contributed by atoms with E-state index in [-0.39, 0.29) is 12.3 Å². The molecule has 9 heteroatoms. The maximum absolute atomic E-state index is 11.4. The molecule has 0 aromatic heterocycles. The van der Waals surface area contributed by atoms with E-state index in [0.29, 0.717) is 0 Å². The summed E-state index contributed by atoms with van der Waals surface area (Å²) in [7, 11) is 0. The second-order valence-electron chi connectivity index (χ2n) is 1.07. The van der Waals surface area contributed by atoms with E-state index in [9.17, 15) is 16.0 Å². The molecule has 0 spiro atoms. The van der Waals surface area contributed by atoms with Crippen LogP contribution in [0.2, 0.25) is 0 Å². The minimum absolute atomic E-state index is 0. The molecular formula is H8F6HfN2. The average Bonchev–Trinajstić information content (AvgIpc) is 0.592. The van der Waals surface area contributed by atoms with Gasteiger partial charge in [-0.1, -0.05) is 0 Å². The van der Waals surface area contributed by atoms with Crippen LogP contribution in [-0.2, 0) is 20.7 Å². The van der Waals surface area contributed by atoms with Gasteiger partial charge in [-0.15, -0.1) is 0 Å². The van der Waals surface area contributed by atoms with Gasteiger partial charge in [-0.3, -0.25) is 0 Å². The van der Waals surface area contributed by atoms with Gasteiger partial charge >= 0.3 is 36.6 Å². The average molecular weight is 329 g/mol. The SMILES string of the molecule is [F][Hf-2]([F])([F])([F])([F])[F].[NH4+].[NH4+]. The Bertz CT molecular complexity index is 69.6. The zero-order valence-electron chi connectivity index (χ0n) is 4.77. The first-order valence-electron chi connectivity index (χ1n) is 1.13. The molecule has 0 bridgehead atoms. The summed E-state index contributed by atoms with van der Waals surface area (Å²) in [6.45, 7) is 0. The molecule has 0 fully saturated rings. The summed E-state index contributed by atoms with van der Waals surface area (Å²) in [6, 6.07) is 0. The number of hydrogen-bond acceptors (Lipinski definition) is 0. The van der Waals surface area contributed by atoms with Gasteiger partial charge in [-0.05, 0) is 0 Å². The molecule has 0 saturated carbocycles. The fourth-order valence-electron chi connectivity index (χ4n) is 0. The third-order valence-corrected chi connectivity index (χ3v) is 0. The van der Waals surface area contributed by atoms with Crippen molar-refractivity contribution in [3.63, 3.8) is 0 Å². The molecule has 0 rings (SSSR count). The minimum Gasteiger partial charge on any atom is -0.369 e. The van der Waals surface area contributed by atoms with Crippen LogP contribution >= 0.6 is 0 Å². The quantitative estimate of drug-likeness (QED) is 0.506. The van der Waals surface area contributed by atoms with Gasteiger partial charge < -0.3 is 12.3 Å². The van der Waals surface area contributed by atoms with Gasteiger partial charge in [-0.2, -0.15) is 0 Å². The van der Waals surface area contributed by atoms with Crippen molar-refractivity contribution in [3.8, 4) is 0 Å². The van der Waals surface area contributed by atoms with E-state index in [1.807, 2.05) is 0 Å². The largest absolute Gasteiger partial charge is 0.369 e. The molecule has 8 N–H and O–H groups in total. The summed E-state index contributed by atoms with van der Waals surface area (Å²) in [6.07, 6.45) is 0. The first-order chi connectivity index (χ1) is 2.45. The Morgan fingerprint density at radius 3 is 0.556 bits per heavy atom. The number of rotatable bonds is 0. The molecule has 0 unspecified atom stereocenters. The van der Waals surface area contributed by atoms with Crippen molar-refractivity contribution < 1.29 is 36.6 Å². The summed E-state index contributed by atoms with van der Waals surface area (Å²) >= 11 is -11.4. The third kappa shape index (κ3) is 2480. The topological polar surface area (TPSA) is 73.0 Å². The molecular weight excluding hydrogens is 320 g/mol. The first-order valence-corrected chi connectivity index (χ1v) is 9.28. The molecule has 0 radical (unpaired) electrons. The molecule has 2 nitrogen and oxygen atoms in total. The summed E-state index contributed by atoms with van der Waals surface area (Å²) < 4.78 is 59.6.